The van der Waals surface area contributed by atoms with E-state index in [9.17, 15) is 0 Å². The Morgan fingerprint density at radius 2 is 1.52 bits per heavy atom. The second-order valence-electron chi connectivity index (χ2n) is 7.83. The normalized spacial score (nSPS) is 11.1. The lowest BCUT2D eigenvalue weighted by Gasteiger charge is -2.24. The highest BCUT2D eigenvalue weighted by Crippen LogP contribution is 2.24. The summed E-state index contributed by atoms with van der Waals surface area (Å²) in [5.41, 5.74) is 9.68. The summed E-state index contributed by atoms with van der Waals surface area (Å²) in [5.74, 6) is 0.0952. The molecule has 0 saturated carbocycles. The van der Waals surface area contributed by atoms with Crippen LogP contribution in [-0.2, 0) is 18.5 Å². The number of benzene rings is 3. The standard InChI is InChI=1S/C23H27N3.ClH/c1-23(2,3)20-13-11-17(12-14-20)15-26(22(24)25)16-19-9-6-8-18-7-4-5-10-21(18)19;/h4-14H,15-16H2,1-3H3,(H3,24,25);1H. The topological polar surface area (TPSA) is 53.1 Å². The Balaban J connectivity index is 0.00000261. The van der Waals surface area contributed by atoms with Gasteiger partial charge in [-0.2, -0.15) is 0 Å². The summed E-state index contributed by atoms with van der Waals surface area (Å²) in [4.78, 5) is 1.91. The molecule has 0 radical (unpaired) electrons. The SMILES string of the molecule is CC(C)(C)c1ccc(CN(Cc2cccc3ccccc23)C(=N)N)cc1.Cl. The summed E-state index contributed by atoms with van der Waals surface area (Å²) < 4.78 is 0. The molecule has 0 spiro atoms. The van der Waals surface area contributed by atoms with E-state index in [1.807, 2.05) is 11.0 Å². The van der Waals surface area contributed by atoms with E-state index in [2.05, 4.69) is 81.4 Å². The summed E-state index contributed by atoms with van der Waals surface area (Å²) in [7, 11) is 0. The van der Waals surface area contributed by atoms with Crippen LogP contribution in [0.5, 0.6) is 0 Å². The maximum Gasteiger partial charge on any atom is 0.188 e. The highest BCUT2D eigenvalue weighted by molar-refractivity contribution is 5.86. The van der Waals surface area contributed by atoms with Gasteiger partial charge in [0.15, 0.2) is 5.96 Å². The molecule has 0 bridgehead atoms. The van der Waals surface area contributed by atoms with Crippen LogP contribution >= 0.6 is 12.4 Å². The number of halogens is 1. The van der Waals surface area contributed by atoms with Crippen molar-refractivity contribution >= 4 is 29.1 Å². The van der Waals surface area contributed by atoms with Gasteiger partial charge in [0.25, 0.3) is 0 Å². The maximum absolute atomic E-state index is 8.00. The molecule has 3 rings (SSSR count). The lowest BCUT2D eigenvalue weighted by molar-refractivity contribution is 0.400. The van der Waals surface area contributed by atoms with E-state index in [1.54, 1.807) is 0 Å². The number of guanidine groups is 1. The Kier molecular flexibility index (Phi) is 6.50. The number of nitrogens with one attached hydrogen (secondary N) is 1. The van der Waals surface area contributed by atoms with Crippen molar-refractivity contribution in [3.63, 3.8) is 0 Å². The Bertz CT molecular complexity index is 906. The number of hydrogen-bond acceptors (Lipinski definition) is 1. The van der Waals surface area contributed by atoms with Gasteiger partial charge in [-0.1, -0.05) is 87.5 Å². The van der Waals surface area contributed by atoms with Crippen LogP contribution in [0.4, 0.5) is 0 Å². The van der Waals surface area contributed by atoms with Crippen LogP contribution in [0.15, 0.2) is 66.7 Å². The van der Waals surface area contributed by atoms with E-state index >= 15 is 0 Å². The molecule has 0 amide bonds. The molecule has 0 atom stereocenters. The van der Waals surface area contributed by atoms with Crippen molar-refractivity contribution in [2.24, 2.45) is 5.73 Å². The molecule has 142 valence electrons. The minimum absolute atomic E-state index is 0. The smallest absolute Gasteiger partial charge is 0.188 e. The van der Waals surface area contributed by atoms with Crippen LogP contribution in [0.1, 0.15) is 37.5 Å². The summed E-state index contributed by atoms with van der Waals surface area (Å²) >= 11 is 0. The number of hydrogen-bond donors (Lipinski definition) is 2. The van der Waals surface area contributed by atoms with E-state index in [0.29, 0.717) is 13.1 Å². The van der Waals surface area contributed by atoms with Gasteiger partial charge in [0.2, 0.25) is 0 Å². The molecule has 0 saturated heterocycles. The third-order valence-electron chi connectivity index (χ3n) is 4.78. The average molecular weight is 382 g/mol. The first-order valence-corrected chi connectivity index (χ1v) is 8.99. The zero-order valence-corrected chi connectivity index (χ0v) is 17.0. The van der Waals surface area contributed by atoms with Gasteiger partial charge in [-0.15, -0.1) is 12.4 Å². The zero-order valence-electron chi connectivity index (χ0n) is 16.2. The molecule has 0 unspecified atom stereocenters. The van der Waals surface area contributed by atoms with Gasteiger partial charge >= 0.3 is 0 Å². The largest absolute Gasteiger partial charge is 0.370 e. The fourth-order valence-electron chi connectivity index (χ4n) is 3.19. The molecule has 3 aromatic rings. The third kappa shape index (κ3) is 5.01. The van der Waals surface area contributed by atoms with Gasteiger partial charge in [0.05, 0.1) is 0 Å². The molecule has 0 aliphatic heterocycles. The zero-order chi connectivity index (χ0) is 18.7. The highest BCUT2D eigenvalue weighted by Gasteiger charge is 2.14. The predicted octanol–water partition coefficient (Wildman–Crippen LogP) is 5.45. The first kappa shape index (κ1) is 20.8. The first-order chi connectivity index (χ1) is 12.3. The van der Waals surface area contributed by atoms with Crippen molar-refractivity contribution in [3.05, 3.63) is 83.4 Å². The van der Waals surface area contributed by atoms with E-state index in [1.165, 1.54) is 21.9 Å². The molecule has 3 aromatic carbocycles. The van der Waals surface area contributed by atoms with Crippen LogP contribution in [0.25, 0.3) is 10.8 Å². The average Bonchev–Trinajstić information content (AvgIpc) is 2.61. The molecule has 3 nitrogen and oxygen atoms in total. The molecule has 0 aliphatic rings. The van der Waals surface area contributed by atoms with E-state index < -0.39 is 0 Å². The van der Waals surface area contributed by atoms with Gasteiger partial charge < -0.3 is 10.6 Å². The maximum atomic E-state index is 8.00. The number of nitrogens with two attached hydrogens (primary N) is 1. The number of fused-ring (bicyclic) bond motifs is 1. The van der Waals surface area contributed by atoms with E-state index in [-0.39, 0.29) is 23.8 Å². The van der Waals surface area contributed by atoms with Crippen LogP contribution in [0, 0.1) is 5.41 Å². The Morgan fingerprint density at radius 1 is 0.889 bits per heavy atom. The Morgan fingerprint density at radius 3 is 2.15 bits per heavy atom. The summed E-state index contributed by atoms with van der Waals surface area (Å²) in [6.45, 7) is 7.89. The molecule has 3 N–H and O–H groups in total. The predicted molar refractivity (Wildman–Crippen MR) is 117 cm³/mol. The van der Waals surface area contributed by atoms with Gasteiger partial charge in [-0.05, 0) is 32.9 Å². The molecule has 4 heteroatoms. The van der Waals surface area contributed by atoms with Crippen molar-refractivity contribution in [2.45, 2.75) is 39.3 Å². The quantitative estimate of drug-likeness (QED) is 0.466. The van der Waals surface area contributed by atoms with E-state index in [0.717, 1.165) is 5.56 Å². The van der Waals surface area contributed by atoms with Gasteiger partial charge in [-0.25, -0.2) is 0 Å². The van der Waals surface area contributed by atoms with Crippen molar-refractivity contribution in [1.82, 2.24) is 4.90 Å². The van der Waals surface area contributed by atoms with Gasteiger partial charge in [-0.3, -0.25) is 5.41 Å². The fourth-order valence-corrected chi connectivity index (χ4v) is 3.19. The molecular formula is C23H28ClN3. The minimum atomic E-state index is 0. The van der Waals surface area contributed by atoms with E-state index in [4.69, 9.17) is 11.1 Å². The van der Waals surface area contributed by atoms with Crippen molar-refractivity contribution < 1.29 is 0 Å². The van der Waals surface area contributed by atoms with Crippen LogP contribution in [-0.4, -0.2) is 10.9 Å². The van der Waals surface area contributed by atoms with Gasteiger partial charge in [0.1, 0.15) is 0 Å². The molecular weight excluding hydrogens is 354 g/mol. The second kappa shape index (κ2) is 8.45. The van der Waals surface area contributed by atoms with Crippen LogP contribution < -0.4 is 5.73 Å². The first-order valence-electron chi connectivity index (χ1n) is 8.99. The molecule has 0 aromatic heterocycles. The minimum Gasteiger partial charge on any atom is -0.370 e. The molecule has 0 heterocycles. The molecule has 27 heavy (non-hydrogen) atoms. The molecule has 0 aliphatic carbocycles. The van der Waals surface area contributed by atoms with Crippen molar-refractivity contribution in [1.29, 1.82) is 5.41 Å². The summed E-state index contributed by atoms with van der Waals surface area (Å²) in [6, 6.07) is 23.2. The van der Waals surface area contributed by atoms with Crippen LogP contribution in [0.3, 0.4) is 0 Å². The molecule has 0 fully saturated rings. The fraction of sp³-hybridized carbons (Fsp3) is 0.261. The lowest BCUT2D eigenvalue weighted by atomic mass is 9.87. The van der Waals surface area contributed by atoms with Gasteiger partial charge in [0, 0.05) is 13.1 Å². The summed E-state index contributed by atoms with van der Waals surface area (Å²) in [6.07, 6.45) is 0. The second-order valence-corrected chi connectivity index (χ2v) is 7.83. The Hall–Kier alpha value is -2.52. The van der Waals surface area contributed by atoms with Crippen LogP contribution in [0.2, 0.25) is 0 Å². The number of rotatable bonds is 4. The highest BCUT2D eigenvalue weighted by atomic mass is 35.5. The third-order valence-corrected chi connectivity index (χ3v) is 4.78. The number of nitrogens with zero attached hydrogens (tertiary/aromatic N) is 1. The summed E-state index contributed by atoms with van der Waals surface area (Å²) in [5, 5.41) is 10.4. The monoisotopic (exact) mass is 381 g/mol. The van der Waals surface area contributed by atoms with Crippen molar-refractivity contribution in [3.8, 4) is 0 Å². The Labute approximate surface area is 168 Å². The van der Waals surface area contributed by atoms with Crippen molar-refractivity contribution in [2.75, 3.05) is 0 Å². The lowest BCUT2D eigenvalue weighted by Crippen LogP contribution is -2.35.